The first-order valence-corrected chi connectivity index (χ1v) is 10.3. The Balaban J connectivity index is 1.54. The number of aliphatic hydroxyl groups excluding tert-OH is 1. The number of nitrogens with one attached hydrogen (secondary N) is 1. The number of quaternary nitrogens is 1. The van der Waals surface area contributed by atoms with Crippen LogP contribution in [0.4, 0.5) is 5.69 Å². The van der Waals surface area contributed by atoms with Crippen LogP contribution in [0.5, 0.6) is 0 Å². The fraction of sp³-hybridized carbons (Fsp3) is 0.348. The molecule has 3 heterocycles. The minimum atomic E-state index is -1.23. The maximum Gasteiger partial charge on any atom is 0.291 e. The highest BCUT2D eigenvalue weighted by Gasteiger charge is 2.74. The second-order valence-electron chi connectivity index (χ2n) is 8.42. The van der Waals surface area contributed by atoms with E-state index in [0.717, 1.165) is 5.56 Å². The van der Waals surface area contributed by atoms with Gasteiger partial charge >= 0.3 is 0 Å². The number of benzene rings is 2. The van der Waals surface area contributed by atoms with Gasteiger partial charge in [-0.2, -0.15) is 0 Å². The van der Waals surface area contributed by atoms with E-state index in [2.05, 4.69) is 5.32 Å². The molecule has 0 aromatic heterocycles. The molecule has 0 saturated carbocycles. The van der Waals surface area contributed by atoms with Gasteiger partial charge in [-0.3, -0.25) is 19.3 Å². The van der Waals surface area contributed by atoms with Crippen LogP contribution in [0, 0.1) is 11.8 Å². The van der Waals surface area contributed by atoms with Crippen molar-refractivity contribution >= 4 is 23.4 Å². The molecule has 2 aromatic rings. The quantitative estimate of drug-likeness (QED) is 0.622. The van der Waals surface area contributed by atoms with Crippen molar-refractivity contribution in [1.82, 2.24) is 4.90 Å². The zero-order chi connectivity index (χ0) is 21.0. The summed E-state index contributed by atoms with van der Waals surface area (Å²) in [5, 5.41) is 15.1. The Labute approximate surface area is 174 Å². The molecule has 7 heteroatoms. The third kappa shape index (κ3) is 2.49. The van der Waals surface area contributed by atoms with Crippen LogP contribution < -0.4 is 10.6 Å². The van der Waals surface area contributed by atoms with Crippen LogP contribution >= 0.6 is 0 Å². The molecule has 1 spiro atoms. The number of nitrogens with two attached hydrogens (primary N) is 1. The minimum absolute atomic E-state index is 0.264. The molecule has 0 aliphatic carbocycles. The topological polar surface area (TPSA) is 103 Å². The third-order valence-corrected chi connectivity index (χ3v) is 6.82. The van der Waals surface area contributed by atoms with Crippen molar-refractivity contribution in [3.05, 3.63) is 65.7 Å². The molecule has 7 nitrogen and oxygen atoms in total. The molecule has 30 heavy (non-hydrogen) atoms. The molecule has 5 atom stereocenters. The number of likely N-dealkylation sites (tertiary alicyclic amines) is 1. The van der Waals surface area contributed by atoms with Gasteiger partial charge in [0, 0.05) is 12.1 Å². The average molecular weight is 406 g/mol. The first-order chi connectivity index (χ1) is 14.4. The van der Waals surface area contributed by atoms with Gasteiger partial charge in [-0.05, 0) is 25.0 Å². The molecule has 0 bridgehead atoms. The van der Waals surface area contributed by atoms with Crippen molar-refractivity contribution in [1.29, 1.82) is 0 Å². The van der Waals surface area contributed by atoms with E-state index in [9.17, 15) is 19.5 Å². The Hall–Kier alpha value is -3.03. The number of para-hydroxylation sites is 1. The van der Waals surface area contributed by atoms with E-state index in [1.807, 2.05) is 48.5 Å². The number of amides is 3. The van der Waals surface area contributed by atoms with Crippen molar-refractivity contribution < 1.29 is 24.8 Å². The van der Waals surface area contributed by atoms with E-state index in [1.165, 1.54) is 4.90 Å². The summed E-state index contributed by atoms with van der Waals surface area (Å²) in [6, 6.07) is 16.4. The highest BCUT2D eigenvalue weighted by Crippen LogP contribution is 2.49. The maximum atomic E-state index is 13.5. The van der Waals surface area contributed by atoms with Crippen molar-refractivity contribution in [2.24, 2.45) is 11.8 Å². The van der Waals surface area contributed by atoms with Crippen molar-refractivity contribution in [2.75, 3.05) is 11.9 Å². The van der Waals surface area contributed by atoms with Crippen LogP contribution in [0.25, 0.3) is 0 Å². The number of carbonyl (C=O) groups is 3. The molecule has 3 amide bonds. The predicted molar refractivity (Wildman–Crippen MR) is 108 cm³/mol. The number of rotatable bonds is 4. The Morgan fingerprint density at radius 1 is 1.07 bits per heavy atom. The highest BCUT2D eigenvalue weighted by molar-refractivity contribution is 6.13. The second-order valence-corrected chi connectivity index (χ2v) is 8.42. The van der Waals surface area contributed by atoms with Gasteiger partial charge in [-0.15, -0.1) is 0 Å². The molecule has 0 radical (unpaired) electrons. The summed E-state index contributed by atoms with van der Waals surface area (Å²) >= 11 is 0. The Kier molecular flexibility index (Phi) is 4.27. The van der Waals surface area contributed by atoms with Gasteiger partial charge in [0.1, 0.15) is 24.0 Å². The third-order valence-electron chi connectivity index (χ3n) is 6.82. The normalized spacial score (nSPS) is 30.5. The molecule has 2 saturated heterocycles. The van der Waals surface area contributed by atoms with E-state index in [4.69, 9.17) is 0 Å². The zero-order valence-corrected chi connectivity index (χ0v) is 16.6. The molecule has 2 fully saturated rings. The van der Waals surface area contributed by atoms with Crippen molar-refractivity contribution in [2.45, 2.75) is 31.0 Å². The summed E-state index contributed by atoms with van der Waals surface area (Å²) in [5.74, 6) is -2.48. The van der Waals surface area contributed by atoms with Crippen LogP contribution in [0.2, 0.25) is 0 Å². The molecular weight excluding hydrogens is 382 g/mol. The molecule has 4 N–H and O–H groups in total. The molecule has 3 aliphatic rings. The lowest BCUT2D eigenvalue weighted by molar-refractivity contribution is -0.738. The van der Waals surface area contributed by atoms with Gasteiger partial charge < -0.3 is 15.7 Å². The predicted octanol–water partition coefficient (Wildman–Crippen LogP) is 0.00430. The summed E-state index contributed by atoms with van der Waals surface area (Å²) in [6.45, 7) is 1.88. The van der Waals surface area contributed by atoms with Gasteiger partial charge in [0.25, 0.3) is 5.91 Å². The number of aliphatic hydroxyl groups is 1. The molecular formula is C23H24N3O4+. The minimum Gasteiger partial charge on any atom is -0.387 e. The number of fused-ring (bicyclic) bond motifs is 4. The van der Waals surface area contributed by atoms with Crippen LogP contribution in [0.3, 0.4) is 0 Å². The maximum absolute atomic E-state index is 13.5. The van der Waals surface area contributed by atoms with Crippen molar-refractivity contribution in [3.8, 4) is 0 Å². The number of carbonyl (C=O) groups excluding carboxylic acids is 3. The Morgan fingerprint density at radius 3 is 2.50 bits per heavy atom. The largest absolute Gasteiger partial charge is 0.387 e. The summed E-state index contributed by atoms with van der Waals surface area (Å²) in [7, 11) is 0. The monoisotopic (exact) mass is 406 g/mol. The standard InChI is InChI=1S/C23H23N3O4/c1-13(27)19-17-18(23(25-19)15-9-5-6-10-16(15)24-22(23)30)21(29)26(20(17)28)12-11-14-7-3-2-4-8-14/h2-10,13,17-19,25,27H,11-12H2,1H3,(H,24,30)/p+1/t13-,17-,18-,19-,23-/m0/s1. The van der Waals surface area contributed by atoms with Crippen LogP contribution in [0.1, 0.15) is 18.1 Å². The van der Waals surface area contributed by atoms with Gasteiger partial charge in [0.05, 0.1) is 5.69 Å². The van der Waals surface area contributed by atoms with E-state index in [1.54, 1.807) is 18.3 Å². The Morgan fingerprint density at radius 2 is 1.77 bits per heavy atom. The van der Waals surface area contributed by atoms with Crippen LogP contribution in [-0.4, -0.2) is 46.4 Å². The second kappa shape index (κ2) is 6.75. The average Bonchev–Trinajstić information content (AvgIpc) is 3.33. The summed E-state index contributed by atoms with van der Waals surface area (Å²) in [6.07, 6.45) is -0.292. The number of hydrogen-bond donors (Lipinski definition) is 3. The summed E-state index contributed by atoms with van der Waals surface area (Å²) in [4.78, 5) is 41.4. The smallest absolute Gasteiger partial charge is 0.291 e. The zero-order valence-electron chi connectivity index (χ0n) is 16.6. The number of nitrogens with zero attached hydrogens (tertiary/aromatic N) is 1. The molecule has 154 valence electrons. The van der Waals surface area contributed by atoms with Gasteiger partial charge in [-0.25, -0.2) is 0 Å². The van der Waals surface area contributed by atoms with E-state index >= 15 is 0 Å². The summed E-state index contributed by atoms with van der Waals surface area (Å²) in [5.41, 5.74) is 1.18. The summed E-state index contributed by atoms with van der Waals surface area (Å²) < 4.78 is 0. The van der Waals surface area contributed by atoms with Crippen LogP contribution in [0.15, 0.2) is 54.6 Å². The van der Waals surface area contributed by atoms with E-state index in [0.29, 0.717) is 17.7 Å². The highest BCUT2D eigenvalue weighted by atomic mass is 16.3. The molecule has 5 rings (SSSR count). The lowest BCUT2D eigenvalue weighted by atomic mass is 9.76. The molecule has 2 aromatic carbocycles. The lowest BCUT2D eigenvalue weighted by Gasteiger charge is -2.27. The molecule has 0 unspecified atom stereocenters. The first-order valence-electron chi connectivity index (χ1n) is 10.3. The lowest BCUT2D eigenvalue weighted by Crippen LogP contribution is -3.00. The van der Waals surface area contributed by atoms with Gasteiger partial charge in [-0.1, -0.05) is 48.5 Å². The van der Waals surface area contributed by atoms with Crippen LogP contribution in [-0.2, 0) is 26.3 Å². The van der Waals surface area contributed by atoms with Crippen molar-refractivity contribution in [3.63, 3.8) is 0 Å². The fourth-order valence-electron chi connectivity index (χ4n) is 5.45. The fourth-order valence-corrected chi connectivity index (χ4v) is 5.45. The SMILES string of the molecule is C[C@H](O)[C@@H]1[NH2+][C@]2(C(=O)Nc3ccccc32)[C@@H]2C(=O)N(CCc3ccccc3)C(=O)[C@H]12. The van der Waals surface area contributed by atoms with Gasteiger partial charge in [0.2, 0.25) is 17.4 Å². The van der Waals surface area contributed by atoms with Gasteiger partial charge in [0.15, 0.2) is 0 Å². The number of imide groups is 1. The number of hydrogen-bond acceptors (Lipinski definition) is 4. The van der Waals surface area contributed by atoms with E-state index in [-0.39, 0.29) is 24.3 Å². The molecule has 3 aliphatic heterocycles. The Bertz CT molecular complexity index is 1040. The first kappa shape index (κ1) is 19.0. The van der Waals surface area contributed by atoms with E-state index < -0.39 is 29.5 Å². The number of anilines is 1.